The minimum atomic E-state index is -1.37. The number of carbonyl (C=O) groups excluding carboxylic acids is 1. The zero-order valence-electron chi connectivity index (χ0n) is 13.6. The van der Waals surface area contributed by atoms with Gasteiger partial charge in [-0.05, 0) is 19.9 Å². The Labute approximate surface area is 140 Å². The van der Waals surface area contributed by atoms with E-state index in [-0.39, 0.29) is 6.61 Å². The van der Waals surface area contributed by atoms with Crippen LogP contribution in [0.2, 0.25) is 0 Å². The zero-order valence-corrected chi connectivity index (χ0v) is 13.6. The number of para-hydroxylation sites is 1. The fraction of sp³-hybridized carbons (Fsp3) is 0.211. The SMILES string of the molecule is CCOC(=O)N1c2ccccc2C(c2ccccc2)=NC1(C)C#N. The van der Waals surface area contributed by atoms with Gasteiger partial charge in [-0.15, -0.1) is 0 Å². The maximum Gasteiger partial charge on any atom is 0.417 e. The number of aliphatic imine (C=N–C) groups is 1. The van der Waals surface area contributed by atoms with Crippen LogP contribution in [-0.2, 0) is 4.74 Å². The molecule has 1 atom stereocenters. The van der Waals surface area contributed by atoms with Crippen LogP contribution in [0.4, 0.5) is 10.5 Å². The Balaban J connectivity index is 2.23. The van der Waals surface area contributed by atoms with Crippen molar-refractivity contribution in [3.05, 3.63) is 65.7 Å². The topological polar surface area (TPSA) is 65.7 Å². The molecular weight excluding hydrogens is 302 g/mol. The highest BCUT2D eigenvalue weighted by atomic mass is 16.6. The van der Waals surface area contributed by atoms with E-state index >= 15 is 0 Å². The van der Waals surface area contributed by atoms with Gasteiger partial charge in [-0.1, -0.05) is 48.5 Å². The molecule has 5 nitrogen and oxygen atoms in total. The third kappa shape index (κ3) is 2.52. The lowest BCUT2D eigenvalue weighted by Gasteiger charge is -2.37. The molecule has 5 heteroatoms. The monoisotopic (exact) mass is 319 g/mol. The van der Waals surface area contributed by atoms with Crippen LogP contribution in [-0.4, -0.2) is 24.1 Å². The molecule has 1 aliphatic heterocycles. The summed E-state index contributed by atoms with van der Waals surface area (Å²) in [6, 6.07) is 19.2. The number of nitrogens with zero attached hydrogens (tertiary/aromatic N) is 3. The molecule has 1 aliphatic rings. The molecule has 0 saturated heterocycles. The van der Waals surface area contributed by atoms with Crippen LogP contribution in [0, 0.1) is 11.3 Å². The van der Waals surface area contributed by atoms with E-state index in [4.69, 9.17) is 4.74 Å². The molecule has 3 rings (SSSR count). The maximum absolute atomic E-state index is 12.5. The highest BCUT2D eigenvalue weighted by Gasteiger charge is 2.43. The van der Waals surface area contributed by atoms with Gasteiger partial charge in [0.1, 0.15) is 6.07 Å². The van der Waals surface area contributed by atoms with E-state index in [2.05, 4.69) is 11.1 Å². The predicted octanol–water partition coefficient (Wildman–Crippen LogP) is 3.74. The number of hydrogen-bond acceptors (Lipinski definition) is 4. The molecule has 1 amide bonds. The van der Waals surface area contributed by atoms with Crippen molar-refractivity contribution in [2.45, 2.75) is 19.5 Å². The summed E-state index contributed by atoms with van der Waals surface area (Å²) < 4.78 is 5.14. The molecule has 24 heavy (non-hydrogen) atoms. The molecular formula is C19H17N3O2. The molecule has 0 radical (unpaired) electrons. The third-order valence-electron chi connectivity index (χ3n) is 3.87. The molecule has 1 unspecified atom stereocenters. The molecule has 120 valence electrons. The van der Waals surface area contributed by atoms with Gasteiger partial charge in [0.05, 0.1) is 18.0 Å². The van der Waals surface area contributed by atoms with Crippen molar-refractivity contribution in [3.63, 3.8) is 0 Å². The second kappa shape index (κ2) is 6.17. The normalized spacial score (nSPS) is 19.0. The fourth-order valence-electron chi connectivity index (χ4n) is 2.79. The zero-order chi connectivity index (χ0) is 17.2. The average molecular weight is 319 g/mol. The quantitative estimate of drug-likeness (QED) is 0.847. The smallest absolute Gasteiger partial charge is 0.417 e. The first-order chi connectivity index (χ1) is 11.6. The van der Waals surface area contributed by atoms with E-state index < -0.39 is 11.8 Å². The molecule has 0 aromatic heterocycles. The van der Waals surface area contributed by atoms with Crippen molar-refractivity contribution in [2.24, 2.45) is 4.99 Å². The fourth-order valence-corrected chi connectivity index (χ4v) is 2.79. The van der Waals surface area contributed by atoms with E-state index in [0.717, 1.165) is 11.1 Å². The molecule has 0 aliphatic carbocycles. The van der Waals surface area contributed by atoms with Crippen LogP contribution in [0.25, 0.3) is 0 Å². The van der Waals surface area contributed by atoms with Crippen LogP contribution >= 0.6 is 0 Å². The number of anilines is 1. The van der Waals surface area contributed by atoms with Gasteiger partial charge in [-0.2, -0.15) is 5.26 Å². The Bertz CT molecular complexity index is 839. The van der Waals surface area contributed by atoms with E-state index in [9.17, 15) is 10.1 Å². The minimum absolute atomic E-state index is 0.230. The van der Waals surface area contributed by atoms with Crippen LogP contribution in [0.1, 0.15) is 25.0 Å². The van der Waals surface area contributed by atoms with Crippen molar-refractivity contribution in [3.8, 4) is 6.07 Å². The van der Waals surface area contributed by atoms with Gasteiger partial charge in [-0.25, -0.2) is 14.7 Å². The van der Waals surface area contributed by atoms with E-state index in [1.165, 1.54) is 4.90 Å². The minimum Gasteiger partial charge on any atom is -0.449 e. The summed E-state index contributed by atoms with van der Waals surface area (Å²) in [7, 11) is 0. The lowest BCUT2D eigenvalue weighted by Crippen LogP contribution is -2.51. The first-order valence-electron chi connectivity index (χ1n) is 7.73. The maximum atomic E-state index is 12.5. The van der Waals surface area contributed by atoms with Crippen LogP contribution in [0.5, 0.6) is 0 Å². The Kier molecular flexibility index (Phi) is 4.05. The number of rotatable bonds is 2. The highest BCUT2D eigenvalue weighted by Crippen LogP contribution is 2.36. The van der Waals surface area contributed by atoms with E-state index in [0.29, 0.717) is 11.4 Å². The number of fused-ring (bicyclic) bond motifs is 1. The number of amides is 1. The van der Waals surface area contributed by atoms with Gasteiger partial charge in [-0.3, -0.25) is 0 Å². The Morgan fingerprint density at radius 1 is 1.21 bits per heavy atom. The summed E-state index contributed by atoms with van der Waals surface area (Å²) in [5, 5.41) is 9.72. The number of hydrogen-bond donors (Lipinski definition) is 0. The molecule has 1 heterocycles. The average Bonchev–Trinajstić information content (AvgIpc) is 2.62. The van der Waals surface area contributed by atoms with Crippen molar-refractivity contribution in [1.82, 2.24) is 0 Å². The van der Waals surface area contributed by atoms with Crippen LogP contribution in [0.15, 0.2) is 59.6 Å². The van der Waals surface area contributed by atoms with E-state index in [1.54, 1.807) is 19.9 Å². The van der Waals surface area contributed by atoms with Gasteiger partial charge >= 0.3 is 6.09 Å². The van der Waals surface area contributed by atoms with Gasteiger partial charge in [0.25, 0.3) is 0 Å². The van der Waals surface area contributed by atoms with Crippen molar-refractivity contribution >= 4 is 17.5 Å². The Morgan fingerprint density at radius 2 is 1.88 bits per heavy atom. The van der Waals surface area contributed by atoms with E-state index in [1.807, 2.05) is 48.5 Å². The summed E-state index contributed by atoms with van der Waals surface area (Å²) in [5.74, 6) is 0. The highest BCUT2D eigenvalue weighted by molar-refractivity contribution is 6.19. The van der Waals surface area contributed by atoms with Crippen molar-refractivity contribution in [1.29, 1.82) is 5.26 Å². The largest absolute Gasteiger partial charge is 0.449 e. The predicted molar refractivity (Wildman–Crippen MR) is 92.0 cm³/mol. The van der Waals surface area contributed by atoms with Crippen LogP contribution in [0.3, 0.4) is 0 Å². The molecule has 0 spiro atoms. The number of nitriles is 1. The molecule has 2 aromatic rings. The summed E-state index contributed by atoms with van der Waals surface area (Å²) >= 11 is 0. The summed E-state index contributed by atoms with van der Waals surface area (Å²) in [4.78, 5) is 18.4. The second-order valence-corrected chi connectivity index (χ2v) is 5.51. The molecule has 2 aromatic carbocycles. The van der Waals surface area contributed by atoms with Gasteiger partial charge in [0.2, 0.25) is 5.66 Å². The number of carbonyl (C=O) groups is 1. The summed E-state index contributed by atoms with van der Waals surface area (Å²) in [6.45, 7) is 3.58. The summed E-state index contributed by atoms with van der Waals surface area (Å²) in [5.41, 5.74) is 1.63. The van der Waals surface area contributed by atoms with Gasteiger partial charge in [0, 0.05) is 11.1 Å². The number of benzene rings is 2. The molecule has 0 bridgehead atoms. The summed E-state index contributed by atoms with van der Waals surface area (Å²) in [6.07, 6.45) is -0.579. The first-order valence-corrected chi connectivity index (χ1v) is 7.73. The molecule has 0 N–H and O–H groups in total. The van der Waals surface area contributed by atoms with Gasteiger partial charge < -0.3 is 4.74 Å². The van der Waals surface area contributed by atoms with Gasteiger partial charge in [0.15, 0.2) is 0 Å². The Morgan fingerprint density at radius 3 is 2.54 bits per heavy atom. The molecule has 0 fully saturated rings. The number of ether oxygens (including phenoxy) is 1. The van der Waals surface area contributed by atoms with Crippen molar-refractivity contribution in [2.75, 3.05) is 11.5 Å². The van der Waals surface area contributed by atoms with Crippen molar-refractivity contribution < 1.29 is 9.53 Å². The lowest BCUT2D eigenvalue weighted by molar-refractivity contribution is 0.155. The lowest BCUT2D eigenvalue weighted by atomic mass is 9.95. The standard InChI is InChI=1S/C19H17N3O2/c1-3-24-18(23)22-16-12-8-7-11-15(16)17(21-19(22,2)13-20)14-9-5-4-6-10-14/h4-12H,3H2,1-2H3. The van der Waals surface area contributed by atoms with Crippen LogP contribution < -0.4 is 4.90 Å². The second-order valence-electron chi connectivity index (χ2n) is 5.51. The Hall–Kier alpha value is -3.13. The third-order valence-corrected chi connectivity index (χ3v) is 3.87. The first kappa shape index (κ1) is 15.8. The molecule has 0 saturated carbocycles.